The van der Waals surface area contributed by atoms with E-state index in [0.29, 0.717) is 30.9 Å². The minimum atomic E-state index is -0.609. The van der Waals surface area contributed by atoms with Crippen molar-refractivity contribution in [3.8, 4) is 5.75 Å². The van der Waals surface area contributed by atoms with E-state index in [4.69, 9.17) is 10.5 Å². The normalized spacial score (nSPS) is 12.2. The first-order chi connectivity index (χ1) is 9.51. The average molecular weight is 281 g/mol. The predicted octanol–water partition coefficient (Wildman–Crippen LogP) is 0.0764. The quantitative estimate of drug-likeness (QED) is 0.587. The molecule has 0 bridgehead atoms. The van der Waals surface area contributed by atoms with Gasteiger partial charge in [-0.05, 0) is 31.3 Å². The number of benzene rings is 1. The second-order valence-corrected chi connectivity index (χ2v) is 4.72. The Kier molecular flexibility index (Phi) is 6.83. The van der Waals surface area contributed by atoms with Crippen molar-refractivity contribution in [3.05, 3.63) is 24.3 Å². The third-order valence-corrected chi connectivity index (χ3v) is 2.84. The zero-order valence-electron chi connectivity index (χ0n) is 12.0. The molecule has 0 aliphatic rings. The Labute approximate surface area is 119 Å². The molecule has 6 nitrogen and oxygen atoms in total. The van der Waals surface area contributed by atoms with Crippen LogP contribution in [0.2, 0.25) is 0 Å². The number of carbonyl (C=O) groups excluding carboxylic acids is 1. The van der Waals surface area contributed by atoms with Gasteiger partial charge in [-0.25, -0.2) is 0 Å². The van der Waals surface area contributed by atoms with E-state index in [1.807, 2.05) is 11.9 Å². The van der Waals surface area contributed by atoms with Crippen LogP contribution in [0.4, 0.5) is 5.69 Å². The summed E-state index contributed by atoms with van der Waals surface area (Å²) in [5.74, 6) is 0.663. The number of aliphatic hydroxyl groups excluding tert-OH is 1. The van der Waals surface area contributed by atoms with Gasteiger partial charge in [0.25, 0.3) is 0 Å². The largest absolute Gasteiger partial charge is 0.491 e. The number of nitrogens with two attached hydrogens (primary N) is 1. The van der Waals surface area contributed by atoms with E-state index in [1.54, 1.807) is 31.3 Å². The Morgan fingerprint density at radius 2 is 2.10 bits per heavy atom. The zero-order valence-corrected chi connectivity index (χ0v) is 12.0. The molecule has 0 saturated heterocycles. The summed E-state index contributed by atoms with van der Waals surface area (Å²) in [6, 6.07) is 7.02. The number of anilines is 1. The Morgan fingerprint density at radius 1 is 1.45 bits per heavy atom. The molecule has 1 rings (SSSR count). The number of nitrogens with zero attached hydrogens (tertiary/aromatic N) is 1. The maximum Gasteiger partial charge on any atom is 0.221 e. The van der Waals surface area contributed by atoms with Gasteiger partial charge in [0.1, 0.15) is 18.5 Å². The standard InChI is InChI=1S/C14H23N3O3/c1-16-14(19)7-8-17(2)9-12(18)10-20-13-5-3-11(15)4-6-13/h3-6,12,18H,7-10,15H2,1-2H3,(H,16,19). The minimum absolute atomic E-state index is 0.00976. The summed E-state index contributed by atoms with van der Waals surface area (Å²) >= 11 is 0. The molecule has 0 saturated carbocycles. The van der Waals surface area contributed by atoms with Crippen LogP contribution in [0, 0.1) is 0 Å². The SMILES string of the molecule is CNC(=O)CCN(C)CC(O)COc1ccc(N)cc1. The molecule has 1 atom stereocenters. The van der Waals surface area contributed by atoms with Crippen molar-refractivity contribution in [1.29, 1.82) is 0 Å². The summed E-state index contributed by atoms with van der Waals surface area (Å²) in [5.41, 5.74) is 6.25. The number of nitrogens with one attached hydrogen (secondary N) is 1. The summed E-state index contributed by atoms with van der Waals surface area (Å²) in [7, 11) is 3.47. The van der Waals surface area contributed by atoms with Crippen molar-refractivity contribution < 1.29 is 14.6 Å². The lowest BCUT2D eigenvalue weighted by Crippen LogP contribution is -2.35. The number of hydrogen-bond donors (Lipinski definition) is 3. The van der Waals surface area contributed by atoms with Gasteiger partial charge in [0.05, 0.1) is 0 Å². The van der Waals surface area contributed by atoms with Crippen molar-refractivity contribution in [2.24, 2.45) is 0 Å². The van der Waals surface area contributed by atoms with Crippen LogP contribution in [0.25, 0.3) is 0 Å². The Bertz CT molecular complexity index is 409. The molecular formula is C14H23N3O3. The first-order valence-corrected chi connectivity index (χ1v) is 6.56. The van der Waals surface area contributed by atoms with Crippen LogP contribution in [-0.2, 0) is 4.79 Å². The number of carbonyl (C=O) groups is 1. The van der Waals surface area contributed by atoms with Crippen molar-refractivity contribution in [1.82, 2.24) is 10.2 Å². The number of aliphatic hydroxyl groups is 1. The van der Waals surface area contributed by atoms with E-state index in [-0.39, 0.29) is 12.5 Å². The molecule has 1 aromatic carbocycles. The van der Waals surface area contributed by atoms with Gasteiger partial charge in [0.2, 0.25) is 5.91 Å². The molecule has 0 aromatic heterocycles. The zero-order chi connectivity index (χ0) is 15.0. The number of hydrogen-bond acceptors (Lipinski definition) is 5. The second-order valence-electron chi connectivity index (χ2n) is 4.72. The van der Waals surface area contributed by atoms with E-state index in [1.165, 1.54) is 0 Å². The molecule has 0 radical (unpaired) electrons. The molecule has 0 aliphatic heterocycles. The highest BCUT2D eigenvalue weighted by Crippen LogP contribution is 2.13. The molecule has 112 valence electrons. The fourth-order valence-electron chi connectivity index (χ4n) is 1.68. The van der Waals surface area contributed by atoms with Gasteiger partial charge in [-0.2, -0.15) is 0 Å². The number of likely N-dealkylation sites (N-methyl/N-ethyl adjacent to an activating group) is 1. The third kappa shape index (κ3) is 6.40. The molecule has 1 unspecified atom stereocenters. The van der Waals surface area contributed by atoms with E-state index in [0.717, 1.165) is 0 Å². The lowest BCUT2D eigenvalue weighted by Gasteiger charge is -2.20. The number of nitrogen functional groups attached to an aromatic ring is 1. The van der Waals surface area contributed by atoms with Crippen LogP contribution in [0.15, 0.2) is 24.3 Å². The van der Waals surface area contributed by atoms with Gasteiger partial charge in [0.15, 0.2) is 0 Å². The third-order valence-electron chi connectivity index (χ3n) is 2.84. The maximum atomic E-state index is 11.1. The highest BCUT2D eigenvalue weighted by Gasteiger charge is 2.10. The molecule has 1 amide bonds. The maximum absolute atomic E-state index is 11.1. The summed E-state index contributed by atoms with van der Waals surface area (Å²) in [5, 5.41) is 12.4. The molecule has 0 heterocycles. The molecule has 0 spiro atoms. The number of amides is 1. The fraction of sp³-hybridized carbons (Fsp3) is 0.500. The van der Waals surface area contributed by atoms with Crippen LogP contribution in [0.1, 0.15) is 6.42 Å². The highest BCUT2D eigenvalue weighted by atomic mass is 16.5. The predicted molar refractivity (Wildman–Crippen MR) is 78.5 cm³/mol. The van der Waals surface area contributed by atoms with Crippen molar-refractivity contribution in [3.63, 3.8) is 0 Å². The monoisotopic (exact) mass is 281 g/mol. The molecule has 4 N–H and O–H groups in total. The van der Waals surface area contributed by atoms with Gasteiger partial charge >= 0.3 is 0 Å². The van der Waals surface area contributed by atoms with Crippen LogP contribution >= 0.6 is 0 Å². The molecule has 0 fully saturated rings. The van der Waals surface area contributed by atoms with E-state index >= 15 is 0 Å². The van der Waals surface area contributed by atoms with Gasteiger partial charge in [-0.3, -0.25) is 4.79 Å². The van der Waals surface area contributed by atoms with Crippen LogP contribution < -0.4 is 15.8 Å². The highest BCUT2D eigenvalue weighted by molar-refractivity contribution is 5.75. The van der Waals surface area contributed by atoms with Crippen molar-refractivity contribution in [2.75, 3.05) is 39.5 Å². The topological polar surface area (TPSA) is 87.8 Å². The second kappa shape index (κ2) is 8.39. The average Bonchev–Trinajstić information content (AvgIpc) is 2.44. The Hall–Kier alpha value is -1.79. The lowest BCUT2D eigenvalue weighted by molar-refractivity contribution is -0.120. The molecule has 6 heteroatoms. The van der Waals surface area contributed by atoms with Gasteiger partial charge in [-0.15, -0.1) is 0 Å². The Morgan fingerprint density at radius 3 is 2.70 bits per heavy atom. The summed E-state index contributed by atoms with van der Waals surface area (Å²) in [4.78, 5) is 13.0. The van der Waals surface area contributed by atoms with Gasteiger partial charge in [0, 0.05) is 32.2 Å². The summed E-state index contributed by atoms with van der Waals surface area (Å²) in [6.07, 6.45) is -0.194. The summed E-state index contributed by atoms with van der Waals surface area (Å²) < 4.78 is 5.46. The van der Waals surface area contributed by atoms with Crippen LogP contribution in [0.5, 0.6) is 5.75 Å². The fourth-order valence-corrected chi connectivity index (χ4v) is 1.68. The molecule has 1 aromatic rings. The first kappa shape index (κ1) is 16.3. The van der Waals surface area contributed by atoms with E-state index < -0.39 is 6.10 Å². The minimum Gasteiger partial charge on any atom is -0.491 e. The Balaban J connectivity index is 2.23. The number of ether oxygens (including phenoxy) is 1. The van der Waals surface area contributed by atoms with Crippen molar-refractivity contribution in [2.45, 2.75) is 12.5 Å². The molecule has 20 heavy (non-hydrogen) atoms. The van der Waals surface area contributed by atoms with E-state index in [2.05, 4.69) is 5.32 Å². The van der Waals surface area contributed by atoms with Crippen LogP contribution in [0.3, 0.4) is 0 Å². The molecular weight excluding hydrogens is 258 g/mol. The smallest absolute Gasteiger partial charge is 0.221 e. The van der Waals surface area contributed by atoms with Gasteiger partial charge in [-0.1, -0.05) is 0 Å². The number of rotatable bonds is 8. The first-order valence-electron chi connectivity index (χ1n) is 6.56. The van der Waals surface area contributed by atoms with Crippen LogP contribution in [-0.4, -0.2) is 55.8 Å². The van der Waals surface area contributed by atoms with Crippen molar-refractivity contribution >= 4 is 11.6 Å². The molecule has 0 aliphatic carbocycles. The van der Waals surface area contributed by atoms with Gasteiger partial charge < -0.3 is 25.8 Å². The van der Waals surface area contributed by atoms with E-state index in [9.17, 15) is 9.90 Å². The summed E-state index contributed by atoms with van der Waals surface area (Å²) in [6.45, 7) is 1.25. The lowest BCUT2D eigenvalue weighted by atomic mass is 10.3.